The fourth-order valence-corrected chi connectivity index (χ4v) is 2.53. The lowest BCUT2D eigenvalue weighted by atomic mass is 9.82. The van der Waals surface area contributed by atoms with Gasteiger partial charge in [0.05, 0.1) is 11.1 Å². The summed E-state index contributed by atoms with van der Waals surface area (Å²) in [5.74, 6) is -0.948. The first-order valence-electron chi connectivity index (χ1n) is 6.25. The predicted molar refractivity (Wildman–Crippen MR) is 70.3 cm³/mol. The summed E-state index contributed by atoms with van der Waals surface area (Å²) in [5.41, 5.74) is -0.525. The summed E-state index contributed by atoms with van der Waals surface area (Å²) in [6.07, 6.45) is 4.26. The van der Waals surface area contributed by atoms with E-state index in [9.17, 15) is 14.4 Å². The first kappa shape index (κ1) is 13.8. The number of hydrogen-bond donors (Lipinski definition) is 1. The minimum atomic E-state index is -0.795. The van der Waals surface area contributed by atoms with Gasteiger partial charge in [-0.05, 0) is 31.0 Å². The summed E-state index contributed by atoms with van der Waals surface area (Å²) in [6.45, 7) is 0. The molecule has 1 amide bonds. The van der Waals surface area contributed by atoms with Crippen LogP contribution < -0.4 is 5.32 Å². The maximum absolute atomic E-state index is 13.0. The lowest BCUT2D eigenvalue weighted by molar-refractivity contribution is 0.0902. The molecule has 3 nitrogen and oxygen atoms in total. The van der Waals surface area contributed by atoms with Gasteiger partial charge < -0.3 is 5.32 Å². The number of carbonyl (C=O) groups is 1. The van der Waals surface area contributed by atoms with Crippen molar-refractivity contribution in [2.24, 2.45) is 0 Å². The summed E-state index contributed by atoms with van der Waals surface area (Å²) < 4.78 is 13.0. The van der Waals surface area contributed by atoms with Crippen molar-refractivity contribution in [3.05, 3.63) is 34.6 Å². The van der Waals surface area contributed by atoms with Crippen molar-refractivity contribution < 1.29 is 9.18 Å². The van der Waals surface area contributed by atoms with E-state index in [1.807, 2.05) is 0 Å². The Labute approximate surface area is 116 Å². The van der Waals surface area contributed by atoms with Gasteiger partial charge in [0.1, 0.15) is 11.4 Å². The molecule has 0 unspecified atom stereocenters. The van der Waals surface area contributed by atoms with Crippen LogP contribution in [0.15, 0.2) is 18.2 Å². The number of nitriles is 1. The van der Waals surface area contributed by atoms with Gasteiger partial charge in [-0.25, -0.2) is 4.39 Å². The van der Waals surface area contributed by atoms with Crippen LogP contribution in [0.2, 0.25) is 5.02 Å². The topological polar surface area (TPSA) is 52.9 Å². The lowest BCUT2D eigenvalue weighted by Gasteiger charge is -2.31. The number of amides is 1. The van der Waals surface area contributed by atoms with Crippen molar-refractivity contribution in [3.63, 3.8) is 0 Å². The van der Waals surface area contributed by atoms with Crippen LogP contribution in [-0.2, 0) is 0 Å². The van der Waals surface area contributed by atoms with Crippen LogP contribution >= 0.6 is 11.6 Å². The summed E-state index contributed by atoms with van der Waals surface area (Å²) in [7, 11) is 0. The van der Waals surface area contributed by atoms with Crippen molar-refractivity contribution in [1.29, 1.82) is 5.26 Å². The zero-order valence-corrected chi connectivity index (χ0v) is 11.1. The molecular formula is C14H14ClFN2O. The molecule has 19 heavy (non-hydrogen) atoms. The van der Waals surface area contributed by atoms with E-state index in [4.69, 9.17) is 11.6 Å². The normalized spacial score (nSPS) is 17.5. The Bertz CT molecular complexity index is 533. The van der Waals surface area contributed by atoms with Gasteiger partial charge in [0.2, 0.25) is 0 Å². The Balaban J connectivity index is 2.15. The SMILES string of the molecule is N#CC1(NC(=O)c2ccc(F)c(Cl)c2)CCCCC1. The molecule has 1 N–H and O–H groups in total. The van der Waals surface area contributed by atoms with Crippen LogP contribution in [0.1, 0.15) is 42.5 Å². The lowest BCUT2D eigenvalue weighted by Crippen LogP contribution is -2.48. The maximum atomic E-state index is 13.0. The van der Waals surface area contributed by atoms with Crippen LogP contribution in [0.25, 0.3) is 0 Å². The van der Waals surface area contributed by atoms with Gasteiger partial charge >= 0.3 is 0 Å². The van der Waals surface area contributed by atoms with Crippen molar-refractivity contribution in [2.75, 3.05) is 0 Å². The molecule has 1 saturated carbocycles. The predicted octanol–water partition coefficient (Wildman–Crippen LogP) is 3.44. The molecule has 1 fully saturated rings. The molecule has 0 radical (unpaired) electrons. The Hall–Kier alpha value is -1.60. The number of hydrogen-bond acceptors (Lipinski definition) is 2. The highest BCUT2D eigenvalue weighted by atomic mass is 35.5. The standard InChI is InChI=1S/C14H14ClFN2O/c15-11-8-10(4-5-12(11)16)13(19)18-14(9-17)6-2-1-3-7-14/h4-5,8H,1-3,6-7H2,(H,18,19). The molecule has 1 aliphatic carbocycles. The first-order valence-corrected chi connectivity index (χ1v) is 6.63. The second kappa shape index (κ2) is 5.58. The second-order valence-electron chi connectivity index (χ2n) is 4.84. The fraction of sp³-hybridized carbons (Fsp3) is 0.429. The third-order valence-electron chi connectivity index (χ3n) is 3.46. The molecule has 0 aromatic heterocycles. The van der Waals surface area contributed by atoms with Crippen LogP contribution in [0, 0.1) is 17.1 Å². The molecule has 0 spiro atoms. The maximum Gasteiger partial charge on any atom is 0.252 e. The number of rotatable bonds is 2. The van der Waals surface area contributed by atoms with E-state index in [0.29, 0.717) is 12.8 Å². The van der Waals surface area contributed by atoms with Gasteiger partial charge in [0, 0.05) is 5.56 Å². The van der Waals surface area contributed by atoms with E-state index >= 15 is 0 Å². The van der Waals surface area contributed by atoms with Crippen LogP contribution in [0.5, 0.6) is 0 Å². The number of nitrogens with one attached hydrogen (secondary N) is 1. The van der Waals surface area contributed by atoms with E-state index in [1.54, 1.807) is 0 Å². The van der Waals surface area contributed by atoms with Gasteiger partial charge in [0.25, 0.3) is 5.91 Å². The van der Waals surface area contributed by atoms with Gasteiger partial charge in [0.15, 0.2) is 0 Å². The van der Waals surface area contributed by atoms with Crippen LogP contribution in [-0.4, -0.2) is 11.4 Å². The molecule has 0 aliphatic heterocycles. The van der Waals surface area contributed by atoms with Crippen molar-refractivity contribution >= 4 is 17.5 Å². The van der Waals surface area contributed by atoms with E-state index in [0.717, 1.165) is 25.3 Å². The molecule has 1 aromatic rings. The highest BCUT2D eigenvalue weighted by Gasteiger charge is 2.33. The second-order valence-corrected chi connectivity index (χ2v) is 5.24. The van der Waals surface area contributed by atoms with E-state index in [-0.39, 0.29) is 16.5 Å². The minimum Gasteiger partial charge on any atom is -0.334 e. The van der Waals surface area contributed by atoms with E-state index in [1.165, 1.54) is 12.1 Å². The summed E-state index contributed by atoms with van der Waals surface area (Å²) >= 11 is 5.65. The molecule has 0 heterocycles. The monoisotopic (exact) mass is 280 g/mol. The smallest absolute Gasteiger partial charge is 0.252 e. The zero-order chi connectivity index (χ0) is 13.9. The molecule has 2 rings (SSSR count). The first-order chi connectivity index (χ1) is 9.06. The molecule has 0 saturated heterocycles. The van der Waals surface area contributed by atoms with Gasteiger partial charge in [-0.3, -0.25) is 4.79 Å². The third-order valence-corrected chi connectivity index (χ3v) is 3.75. The van der Waals surface area contributed by atoms with Gasteiger partial charge in [-0.2, -0.15) is 5.26 Å². The van der Waals surface area contributed by atoms with Crippen LogP contribution in [0.3, 0.4) is 0 Å². The third kappa shape index (κ3) is 3.05. The Morgan fingerprint density at radius 3 is 2.63 bits per heavy atom. The Morgan fingerprint density at radius 1 is 1.37 bits per heavy atom. The van der Waals surface area contributed by atoms with Crippen molar-refractivity contribution in [2.45, 2.75) is 37.6 Å². The van der Waals surface area contributed by atoms with Crippen molar-refractivity contribution in [3.8, 4) is 6.07 Å². The van der Waals surface area contributed by atoms with E-state index < -0.39 is 11.4 Å². The van der Waals surface area contributed by atoms with Crippen LogP contribution in [0.4, 0.5) is 4.39 Å². The quantitative estimate of drug-likeness (QED) is 0.902. The Morgan fingerprint density at radius 2 is 2.05 bits per heavy atom. The van der Waals surface area contributed by atoms with E-state index in [2.05, 4.69) is 11.4 Å². The number of halogens is 2. The van der Waals surface area contributed by atoms with Gasteiger partial charge in [-0.1, -0.05) is 30.9 Å². The Kier molecular flexibility index (Phi) is 4.06. The molecule has 0 bridgehead atoms. The van der Waals surface area contributed by atoms with Gasteiger partial charge in [-0.15, -0.1) is 0 Å². The summed E-state index contributed by atoms with van der Waals surface area (Å²) in [6, 6.07) is 6.00. The largest absolute Gasteiger partial charge is 0.334 e. The molecule has 0 atom stereocenters. The highest BCUT2D eigenvalue weighted by molar-refractivity contribution is 6.31. The molecule has 100 valence electrons. The minimum absolute atomic E-state index is 0.0951. The number of nitrogens with zero attached hydrogens (tertiary/aromatic N) is 1. The molecule has 1 aliphatic rings. The summed E-state index contributed by atoms with van der Waals surface area (Å²) in [5, 5.41) is 12.0. The molecule has 5 heteroatoms. The number of benzene rings is 1. The molecular weight excluding hydrogens is 267 g/mol. The number of carbonyl (C=O) groups excluding carboxylic acids is 1. The van der Waals surface area contributed by atoms with Crippen molar-refractivity contribution in [1.82, 2.24) is 5.32 Å². The fourth-order valence-electron chi connectivity index (χ4n) is 2.35. The average Bonchev–Trinajstić information content (AvgIpc) is 2.43. The zero-order valence-electron chi connectivity index (χ0n) is 10.4. The average molecular weight is 281 g/mol. The highest BCUT2D eigenvalue weighted by Crippen LogP contribution is 2.28. The summed E-state index contributed by atoms with van der Waals surface area (Å²) in [4.78, 5) is 12.1. The molecule has 1 aromatic carbocycles.